The number of hydrogen-bond donors (Lipinski definition) is 0. The fourth-order valence-corrected chi connectivity index (χ4v) is 4.31. The Balaban J connectivity index is 2.07. The molecule has 0 N–H and O–H groups in total. The molecule has 7 heteroatoms. The van der Waals surface area contributed by atoms with E-state index in [0.29, 0.717) is 19.1 Å². The maximum Gasteiger partial charge on any atom is 0.411 e. The topological polar surface area (TPSA) is 82.1 Å². The van der Waals surface area contributed by atoms with Gasteiger partial charge in [-0.2, -0.15) is 0 Å². The van der Waals surface area contributed by atoms with Gasteiger partial charge in [-0.1, -0.05) is 80.6 Å². The minimum absolute atomic E-state index is 0.160. The number of carbonyl (C=O) groups is 3. The molecule has 1 fully saturated rings. The third-order valence-electron chi connectivity index (χ3n) is 6.05. The van der Waals surface area contributed by atoms with Crippen LogP contribution in [0, 0.1) is 0 Å². The summed E-state index contributed by atoms with van der Waals surface area (Å²) in [5.74, 6) is -0.537. The minimum atomic E-state index is -0.988. The van der Waals surface area contributed by atoms with Crippen LogP contribution in [0.2, 0.25) is 0 Å². The van der Waals surface area contributed by atoms with Crippen LogP contribution in [-0.4, -0.2) is 54.2 Å². The highest BCUT2D eigenvalue weighted by Gasteiger charge is 2.49. The Bertz CT molecular complexity index is 950. The monoisotopic (exact) mass is 479 g/mol. The number of aldehydes is 1. The summed E-state index contributed by atoms with van der Waals surface area (Å²) in [5.41, 5.74) is 1.74. The Morgan fingerprint density at radius 1 is 1.00 bits per heavy atom. The van der Waals surface area contributed by atoms with Gasteiger partial charge in [-0.15, -0.1) is 0 Å². The normalized spacial score (nSPS) is 18.8. The lowest BCUT2D eigenvalue weighted by molar-refractivity contribution is -0.137. The van der Waals surface area contributed by atoms with Gasteiger partial charge in [0.05, 0.1) is 24.8 Å². The molecule has 3 rings (SSSR count). The second-order valence-corrected chi connectivity index (χ2v) is 8.26. The maximum atomic E-state index is 13.4. The molecule has 2 aromatic rings. The molecule has 2 aromatic carbocycles. The molecule has 0 unspecified atom stereocenters. The predicted molar refractivity (Wildman–Crippen MR) is 132 cm³/mol. The Morgan fingerprint density at radius 2 is 1.57 bits per heavy atom. The van der Waals surface area contributed by atoms with Crippen molar-refractivity contribution in [3.8, 4) is 0 Å². The predicted octanol–water partition coefficient (Wildman–Crippen LogP) is 4.86. The summed E-state index contributed by atoms with van der Waals surface area (Å²) in [4.78, 5) is 39.2. The summed E-state index contributed by atoms with van der Waals surface area (Å²) in [6.07, 6.45) is 2.28. The summed E-state index contributed by atoms with van der Waals surface area (Å²) in [7, 11) is 0. The van der Waals surface area contributed by atoms with Crippen LogP contribution in [0.5, 0.6) is 0 Å². The highest BCUT2D eigenvalue weighted by Crippen LogP contribution is 2.37. The smallest absolute Gasteiger partial charge is 0.411 e. The number of ether oxygens (including phenoxy) is 3. The molecule has 0 aliphatic carbocycles. The van der Waals surface area contributed by atoms with Crippen LogP contribution in [0.3, 0.4) is 0 Å². The molecular weight excluding hydrogens is 446 g/mol. The molecule has 7 nitrogen and oxygen atoms in total. The standard InChI is InChI=1S/C28H33NO6/c1-4-22(5-2)34-24(19-30)27-23(17-18-25(31)33-6-3)29(28(32)35-27)26(20-13-9-7-10-14-20)21-15-11-8-12-16-21/h7-19,22-24,26-27H,4-6H2,1-3H3/b18-17+/t23-,24+,27-/m0/s1. The molecule has 1 amide bonds. The minimum Gasteiger partial charge on any atom is -0.463 e. The first-order chi connectivity index (χ1) is 17.0. The Kier molecular flexibility index (Phi) is 9.61. The second kappa shape index (κ2) is 12.9. The van der Waals surface area contributed by atoms with Gasteiger partial charge in [-0.05, 0) is 30.9 Å². The van der Waals surface area contributed by atoms with E-state index in [9.17, 15) is 14.4 Å². The molecule has 1 heterocycles. The van der Waals surface area contributed by atoms with Crippen molar-refractivity contribution in [3.63, 3.8) is 0 Å². The molecule has 0 radical (unpaired) electrons. The number of benzene rings is 2. The third-order valence-corrected chi connectivity index (χ3v) is 6.05. The first-order valence-electron chi connectivity index (χ1n) is 12.1. The molecule has 3 atom stereocenters. The molecule has 186 valence electrons. The number of carbonyl (C=O) groups excluding carboxylic acids is 3. The zero-order chi connectivity index (χ0) is 25.2. The molecule has 0 aromatic heterocycles. The number of hydrogen-bond acceptors (Lipinski definition) is 6. The Hall–Kier alpha value is -3.45. The van der Waals surface area contributed by atoms with E-state index >= 15 is 0 Å². The second-order valence-electron chi connectivity index (χ2n) is 8.26. The molecule has 0 saturated carbocycles. The van der Waals surface area contributed by atoms with Crippen molar-refractivity contribution in [1.82, 2.24) is 4.90 Å². The van der Waals surface area contributed by atoms with Gasteiger partial charge in [-0.25, -0.2) is 9.59 Å². The first kappa shape index (κ1) is 26.2. The van der Waals surface area contributed by atoms with Crippen LogP contribution in [-0.2, 0) is 23.8 Å². The fraction of sp³-hybridized carbons (Fsp3) is 0.393. The van der Waals surface area contributed by atoms with E-state index < -0.39 is 36.4 Å². The lowest BCUT2D eigenvalue weighted by atomic mass is 9.94. The summed E-state index contributed by atoms with van der Waals surface area (Å²) in [6, 6.07) is 17.9. The number of rotatable bonds is 12. The molecule has 1 aliphatic heterocycles. The zero-order valence-corrected chi connectivity index (χ0v) is 20.4. The summed E-state index contributed by atoms with van der Waals surface area (Å²) in [6.45, 7) is 5.89. The Labute approximate surface area is 206 Å². The number of cyclic esters (lactones) is 1. The van der Waals surface area contributed by atoms with Gasteiger partial charge in [0.2, 0.25) is 0 Å². The van der Waals surface area contributed by atoms with Crippen molar-refractivity contribution >= 4 is 18.3 Å². The van der Waals surface area contributed by atoms with Crippen molar-refractivity contribution in [1.29, 1.82) is 0 Å². The number of amides is 1. The van der Waals surface area contributed by atoms with Gasteiger partial charge in [0.1, 0.15) is 0 Å². The van der Waals surface area contributed by atoms with E-state index in [1.807, 2.05) is 74.5 Å². The van der Waals surface area contributed by atoms with Gasteiger partial charge in [-0.3, -0.25) is 4.90 Å². The number of esters is 1. The van der Waals surface area contributed by atoms with E-state index in [-0.39, 0.29) is 12.7 Å². The fourth-order valence-electron chi connectivity index (χ4n) is 4.31. The molecular formula is C28H33NO6. The van der Waals surface area contributed by atoms with Crippen LogP contribution < -0.4 is 0 Å². The molecule has 1 saturated heterocycles. The van der Waals surface area contributed by atoms with Gasteiger partial charge in [0, 0.05) is 6.08 Å². The average Bonchev–Trinajstić information content (AvgIpc) is 3.20. The quantitative estimate of drug-likeness (QED) is 0.246. The van der Waals surface area contributed by atoms with Gasteiger partial charge in [0.15, 0.2) is 18.5 Å². The average molecular weight is 480 g/mol. The van der Waals surface area contributed by atoms with E-state index in [1.165, 1.54) is 6.08 Å². The van der Waals surface area contributed by atoms with Crippen LogP contribution in [0.4, 0.5) is 4.79 Å². The molecule has 0 bridgehead atoms. The van der Waals surface area contributed by atoms with Gasteiger partial charge in [0.25, 0.3) is 0 Å². The highest BCUT2D eigenvalue weighted by molar-refractivity contribution is 5.82. The zero-order valence-electron chi connectivity index (χ0n) is 20.4. The van der Waals surface area contributed by atoms with Crippen molar-refractivity contribution in [2.24, 2.45) is 0 Å². The van der Waals surface area contributed by atoms with Crippen LogP contribution in [0.15, 0.2) is 72.8 Å². The summed E-state index contributed by atoms with van der Waals surface area (Å²) < 4.78 is 16.8. The largest absolute Gasteiger partial charge is 0.463 e. The SMILES string of the molecule is CCOC(=O)/C=C/[C@H]1[C@@H]([C@@H](C=O)OC(CC)CC)OC(=O)N1C(c1ccccc1)c1ccccc1. The lowest BCUT2D eigenvalue weighted by Gasteiger charge is -2.32. The van der Waals surface area contributed by atoms with Gasteiger partial charge >= 0.3 is 12.1 Å². The van der Waals surface area contributed by atoms with Crippen molar-refractivity contribution in [3.05, 3.63) is 83.9 Å². The maximum absolute atomic E-state index is 13.4. The summed E-state index contributed by atoms with van der Waals surface area (Å²) >= 11 is 0. The lowest BCUT2D eigenvalue weighted by Crippen LogP contribution is -2.45. The van der Waals surface area contributed by atoms with E-state index in [0.717, 1.165) is 11.1 Å². The van der Waals surface area contributed by atoms with E-state index in [4.69, 9.17) is 14.2 Å². The molecule has 1 aliphatic rings. The van der Waals surface area contributed by atoms with Crippen LogP contribution in [0.1, 0.15) is 50.8 Å². The first-order valence-corrected chi connectivity index (χ1v) is 12.1. The van der Waals surface area contributed by atoms with E-state index in [2.05, 4.69) is 0 Å². The highest BCUT2D eigenvalue weighted by atomic mass is 16.6. The van der Waals surface area contributed by atoms with Crippen LogP contribution in [0.25, 0.3) is 0 Å². The van der Waals surface area contributed by atoms with Crippen molar-refractivity contribution in [2.45, 2.75) is 64.0 Å². The summed E-state index contributed by atoms with van der Waals surface area (Å²) in [5, 5.41) is 0. The number of nitrogens with zero attached hydrogens (tertiary/aromatic N) is 1. The van der Waals surface area contributed by atoms with Crippen LogP contribution >= 0.6 is 0 Å². The molecule has 35 heavy (non-hydrogen) atoms. The van der Waals surface area contributed by atoms with E-state index in [1.54, 1.807) is 17.9 Å². The van der Waals surface area contributed by atoms with Crippen molar-refractivity contribution in [2.75, 3.05) is 6.61 Å². The Morgan fingerprint density at radius 3 is 2.06 bits per heavy atom. The molecule has 0 spiro atoms. The van der Waals surface area contributed by atoms with Gasteiger partial charge < -0.3 is 19.0 Å². The third kappa shape index (κ3) is 6.36. The van der Waals surface area contributed by atoms with Crippen molar-refractivity contribution < 1.29 is 28.6 Å².